The molecule has 31 heavy (non-hydrogen) atoms. The number of carboxylic acid groups (broad SMARTS) is 1. The molecule has 0 saturated carbocycles. The van der Waals surface area contributed by atoms with Gasteiger partial charge in [0, 0.05) is 5.75 Å². The fourth-order valence-electron chi connectivity index (χ4n) is 3.47. The van der Waals surface area contributed by atoms with Crippen LogP contribution in [0.3, 0.4) is 0 Å². The molecule has 0 radical (unpaired) electrons. The predicted octanol–water partition coefficient (Wildman–Crippen LogP) is -3.10. The molecular formula is C19H17N4NaO5S2. The summed E-state index contributed by atoms with van der Waals surface area (Å²) in [5.41, 5.74) is 6.98. The second-order valence-corrected chi connectivity index (χ2v) is 8.91. The second-order valence-electron chi connectivity index (χ2n) is 6.74. The number of β-lactam (4-membered cyclic amide) rings is 1. The van der Waals surface area contributed by atoms with Gasteiger partial charge in [-0.3, -0.25) is 14.5 Å². The molecule has 9 nitrogen and oxygen atoms in total. The normalized spacial score (nSPS) is 21.5. The first-order valence-corrected chi connectivity index (χ1v) is 10.8. The van der Waals surface area contributed by atoms with Crippen LogP contribution in [0.1, 0.15) is 18.6 Å². The summed E-state index contributed by atoms with van der Waals surface area (Å²) in [6, 6.07) is 3.91. The third-order valence-electron chi connectivity index (χ3n) is 4.85. The molecule has 156 valence electrons. The van der Waals surface area contributed by atoms with Crippen molar-refractivity contribution in [3.63, 3.8) is 0 Å². The van der Waals surface area contributed by atoms with Gasteiger partial charge in [-0.2, -0.15) is 0 Å². The molecule has 0 bridgehead atoms. The van der Waals surface area contributed by atoms with Crippen molar-refractivity contribution in [3.8, 4) is 0 Å². The Morgan fingerprint density at radius 2 is 2.19 bits per heavy atom. The van der Waals surface area contributed by atoms with E-state index in [0.29, 0.717) is 27.5 Å². The topological polar surface area (TPSA) is 149 Å². The summed E-state index contributed by atoms with van der Waals surface area (Å²) in [6.45, 7) is 1.75. The Bertz CT molecular complexity index is 1130. The summed E-state index contributed by atoms with van der Waals surface area (Å²) in [7, 11) is 0. The first kappa shape index (κ1) is 23.8. The monoisotopic (exact) mass is 468 g/mol. The number of hydrogen-bond donors (Lipinski definition) is 3. The van der Waals surface area contributed by atoms with Gasteiger partial charge in [0.15, 0.2) is 11.2 Å². The first-order chi connectivity index (χ1) is 14.3. The molecule has 2 amide bonds. The van der Waals surface area contributed by atoms with Crippen LogP contribution < -0.4 is 45.7 Å². The Balaban J connectivity index is 0.00000272. The van der Waals surface area contributed by atoms with Crippen molar-refractivity contribution < 1.29 is 54.2 Å². The molecule has 12 heteroatoms. The molecule has 0 aliphatic carbocycles. The Labute approximate surface area is 207 Å². The first-order valence-electron chi connectivity index (χ1n) is 8.98. The number of aliphatic carboxylic acids is 1. The molecule has 1 saturated heterocycles. The number of carboxylic acids is 1. The largest absolute Gasteiger partial charge is 1.00 e. The zero-order chi connectivity index (χ0) is 21.6. The van der Waals surface area contributed by atoms with Crippen molar-refractivity contribution in [1.82, 2.24) is 15.2 Å². The summed E-state index contributed by atoms with van der Waals surface area (Å²) >= 11 is 2.57. The molecule has 2 unspecified atom stereocenters. The number of aliphatic hydroxyl groups excluding tert-OH is 1. The number of carbonyl (C=O) groups excluding carboxylic acids is 3. The standard InChI is InChI=1S/C19H18N4O5S2.Na/c1-2-3-9-7-29-17-12(16(26)23(17)13(9)18(27)28)22-15(25)14(24)8-4-5-10-11(6-8)30-19(20)21-10;/h2-6,12,14,17,24H,7H2,1H3,(H2,20,21)(H,22,25)(H,27,28);/q;+1/p-1/b3-2-;/t12?,14?,17-;/m0./s1. The number of nitrogens with two attached hydrogens (primary N) is 1. The fourth-order valence-corrected chi connectivity index (χ4v) is 5.58. The van der Waals surface area contributed by atoms with Gasteiger partial charge in [0.25, 0.3) is 11.8 Å². The summed E-state index contributed by atoms with van der Waals surface area (Å²) in [6.07, 6.45) is 1.81. The maximum atomic E-state index is 12.6. The van der Waals surface area contributed by atoms with Crippen LogP contribution in [0.15, 0.2) is 41.6 Å². The second kappa shape index (κ2) is 9.31. The number of fused-ring (bicyclic) bond motifs is 2. The van der Waals surface area contributed by atoms with E-state index < -0.39 is 35.3 Å². The van der Waals surface area contributed by atoms with E-state index in [1.165, 1.54) is 23.1 Å². The molecule has 4 N–H and O–H groups in total. The minimum atomic E-state index is -1.50. The molecular weight excluding hydrogens is 451 g/mol. The van der Waals surface area contributed by atoms with Gasteiger partial charge in [0.2, 0.25) is 0 Å². The van der Waals surface area contributed by atoms with Crippen molar-refractivity contribution >= 4 is 56.2 Å². The van der Waals surface area contributed by atoms with E-state index in [-0.39, 0.29) is 35.3 Å². The van der Waals surface area contributed by atoms with Gasteiger partial charge >= 0.3 is 29.6 Å². The van der Waals surface area contributed by atoms with Crippen LogP contribution in [-0.2, 0) is 14.4 Å². The molecule has 3 atom stereocenters. The minimum absolute atomic E-state index is 0. The van der Waals surface area contributed by atoms with Crippen LogP contribution in [-0.4, -0.2) is 49.9 Å². The van der Waals surface area contributed by atoms with E-state index in [4.69, 9.17) is 5.73 Å². The summed E-state index contributed by atoms with van der Waals surface area (Å²) in [5, 5.41) is 24.3. The van der Waals surface area contributed by atoms with E-state index in [0.717, 1.165) is 9.60 Å². The van der Waals surface area contributed by atoms with Crippen molar-refractivity contribution in [2.45, 2.75) is 24.4 Å². The molecule has 3 heterocycles. The predicted molar refractivity (Wildman–Crippen MR) is 111 cm³/mol. The fraction of sp³-hybridized carbons (Fsp3) is 0.263. The van der Waals surface area contributed by atoms with Gasteiger partial charge in [-0.15, -0.1) is 11.8 Å². The zero-order valence-electron chi connectivity index (χ0n) is 16.7. The number of thioether (sulfide) groups is 1. The minimum Gasteiger partial charge on any atom is -0.543 e. The molecule has 2 aliphatic rings. The third-order valence-corrected chi connectivity index (χ3v) is 7.00. The van der Waals surface area contributed by atoms with Crippen molar-refractivity contribution in [2.75, 3.05) is 11.5 Å². The number of allylic oxidation sites excluding steroid dienone is 2. The number of nitrogens with zero attached hydrogens (tertiary/aromatic N) is 2. The number of thiazole rings is 1. The number of nitrogen functional groups attached to an aromatic ring is 1. The van der Waals surface area contributed by atoms with E-state index in [9.17, 15) is 24.6 Å². The average molecular weight is 468 g/mol. The summed E-state index contributed by atoms with van der Waals surface area (Å²) < 4.78 is 0.728. The third kappa shape index (κ3) is 4.26. The summed E-state index contributed by atoms with van der Waals surface area (Å²) in [5.74, 6) is -2.38. The van der Waals surface area contributed by atoms with Crippen molar-refractivity contribution in [3.05, 3.63) is 47.2 Å². The van der Waals surface area contributed by atoms with Crippen LogP contribution in [0.2, 0.25) is 0 Å². The van der Waals surface area contributed by atoms with Gasteiger partial charge in [-0.1, -0.05) is 29.6 Å². The molecule has 0 spiro atoms. The summed E-state index contributed by atoms with van der Waals surface area (Å²) in [4.78, 5) is 42.0. The molecule has 1 aromatic heterocycles. The van der Waals surface area contributed by atoms with Crippen molar-refractivity contribution in [2.24, 2.45) is 0 Å². The zero-order valence-corrected chi connectivity index (χ0v) is 20.3. The maximum absolute atomic E-state index is 12.6. The number of carbonyl (C=O) groups is 3. The number of anilines is 1. The Kier molecular flexibility index (Phi) is 7.14. The number of benzene rings is 1. The average Bonchev–Trinajstić information content (AvgIpc) is 3.09. The smallest absolute Gasteiger partial charge is 0.543 e. The number of aliphatic hydroxyl groups is 1. The quantitative estimate of drug-likeness (QED) is 0.309. The number of amides is 2. The van der Waals surface area contributed by atoms with E-state index >= 15 is 0 Å². The Morgan fingerprint density at radius 3 is 2.87 bits per heavy atom. The van der Waals surface area contributed by atoms with Gasteiger partial charge in [0.1, 0.15) is 11.4 Å². The molecule has 2 aromatic rings. The molecule has 4 rings (SSSR count). The van der Waals surface area contributed by atoms with Crippen molar-refractivity contribution in [1.29, 1.82) is 0 Å². The Hall–Kier alpha value is -1.89. The molecule has 1 fully saturated rings. The Morgan fingerprint density at radius 1 is 1.45 bits per heavy atom. The van der Waals surface area contributed by atoms with Gasteiger partial charge < -0.3 is 26.1 Å². The van der Waals surface area contributed by atoms with Crippen LogP contribution in [0.25, 0.3) is 10.2 Å². The van der Waals surface area contributed by atoms with Gasteiger partial charge in [0.05, 0.1) is 21.9 Å². The van der Waals surface area contributed by atoms with Crippen LogP contribution >= 0.6 is 23.1 Å². The molecule has 1 aromatic carbocycles. The number of hydrogen-bond acceptors (Lipinski definition) is 9. The SMILES string of the molecule is C/C=C\C1=C(C(=O)[O-])N2C(=O)C(NC(=O)C(O)c3ccc4nc(N)sc4c3)[C@@H]2SC1.[Na+]. The van der Waals surface area contributed by atoms with E-state index in [2.05, 4.69) is 10.3 Å². The number of aromatic nitrogens is 1. The van der Waals surface area contributed by atoms with Gasteiger partial charge in [-0.25, -0.2) is 4.98 Å². The number of rotatable bonds is 5. The van der Waals surface area contributed by atoms with E-state index in [1.54, 1.807) is 37.3 Å². The van der Waals surface area contributed by atoms with Gasteiger partial charge in [-0.05, 0) is 30.2 Å². The van der Waals surface area contributed by atoms with Crippen LogP contribution in [0.4, 0.5) is 5.13 Å². The van der Waals surface area contributed by atoms with Crippen LogP contribution in [0, 0.1) is 0 Å². The van der Waals surface area contributed by atoms with Crippen LogP contribution in [0.5, 0.6) is 0 Å². The van der Waals surface area contributed by atoms with E-state index in [1.807, 2.05) is 0 Å². The maximum Gasteiger partial charge on any atom is 1.00 e. The number of nitrogens with one attached hydrogen (secondary N) is 1. The molecule has 2 aliphatic heterocycles.